The van der Waals surface area contributed by atoms with E-state index in [-0.39, 0.29) is 0 Å². The van der Waals surface area contributed by atoms with E-state index in [1.54, 1.807) is 0 Å². The molecule has 1 spiro atoms. The first-order valence-corrected chi connectivity index (χ1v) is 21.9. The number of benzene rings is 10. The molecule has 1 heterocycles. The number of aromatic nitrogens is 1. The fourth-order valence-electron chi connectivity index (χ4n) is 11.2. The number of hydrogen-bond donors (Lipinski definition) is 0. The molecule has 1 aromatic heterocycles. The molecule has 13 rings (SSSR count). The summed E-state index contributed by atoms with van der Waals surface area (Å²) in [4.78, 5) is 2.54. The minimum Gasteiger partial charge on any atom is -0.309 e. The lowest BCUT2D eigenvalue weighted by atomic mass is 9.70. The summed E-state index contributed by atoms with van der Waals surface area (Å²) in [5.41, 5.74) is 21.6. The third-order valence-corrected chi connectivity index (χ3v) is 13.6. The van der Waals surface area contributed by atoms with Crippen molar-refractivity contribution in [2.24, 2.45) is 0 Å². The highest BCUT2D eigenvalue weighted by Crippen LogP contribution is 2.65. The minimum absolute atomic E-state index is 0.461. The number of nitrogens with zero attached hydrogens (tertiary/aromatic N) is 2. The first kappa shape index (κ1) is 35.5. The molecule has 0 aliphatic heterocycles. The summed E-state index contributed by atoms with van der Waals surface area (Å²) < 4.78 is 2.43. The second-order valence-electron chi connectivity index (χ2n) is 16.7. The number of hydrogen-bond acceptors (Lipinski definition) is 1. The smallest absolute Gasteiger partial charge is 0.0726 e. The van der Waals surface area contributed by atoms with Crippen LogP contribution in [0, 0.1) is 0 Å². The van der Waals surface area contributed by atoms with E-state index in [2.05, 4.69) is 252 Å². The van der Waals surface area contributed by atoms with Crippen molar-refractivity contribution in [1.29, 1.82) is 0 Å². The summed E-state index contributed by atoms with van der Waals surface area (Å²) >= 11 is 0. The molecular weight excluding hydrogens is 761 g/mol. The molecular formula is C61H40N2. The number of rotatable bonds is 6. The van der Waals surface area contributed by atoms with Crippen molar-refractivity contribution in [3.63, 3.8) is 0 Å². The molecule has 0 radical (unpaired) electrons. The lowest BCUT2D eigenvalue weighted by molar-refractivity contribution is 0.794. The lowest BCUT2D eigenvalue weighted by Crippen LogP contribution is -2.26. The highest BCUT2D eigenvalue weighted by molar-refractivity contribution is 6.17. The third-order valence-electron chi connectivity index (χ3n) is 13.6. The maximum atomic E-state index is 2.54. The van der Waals surface area contributed by atoms with Crippen molar-refractivity contribution in [3.8, 4) is 50.2 Å². The highest BCUT2D eigenvalue weighted by atomic mass is 15.1. The van der Waals surface area contributed by atoms with Crippen molar-refractivity contribution < 1.29 is 0 Å². The van der Waals surface area contributed by atoms with E-state index in [0.29, 0.717) is 0 Å². The van der Waals surface area contributed by atoms with Gasteiger partial charge < -0.3 is 9.47 Å². The Morgan fingerprint density at radius 2 is 0.825 bits per heavy atom. The summed E-state index contributed by atoms with van der Waals surface area (Å²) in [5.74, 6) is 0. The van der Waals surface area contributed by atoms with Crippen molar-refractivity contribution in [1.82, 2.24) is 4.57 Å². The van der Waals surface area contributed by atoms with Crippen LogP contribution in [0.4, 0.5) is 17.1 Å². The van der Waals surface area contributed by atoms with E-state index in [9.17, 15) is 0 Å². The van der Waals surface area contributed by atoms with Gasteiger partial charge in [-0.25, -0.2) is 0 Å². The predicted molar refractivity (Wildman–Crippen MR) is 263 cm³/mol. The van der Waals surface area contributed by atoms with Crippen molar-refractivity contribution in [3.05, 3.63) is 265 Å². The van der Waals surface area contributed by atoms with Crippen LogP contribution in [-0.4, -0.2) is 4.57 Å². The molecule has 0 saturated heterocycles. The topological polar surface area (TPSA) is 8.17 Å². The summed E-state index contributed by atoms with van der Waals surface area (Å²) in [6, 6.07) is 89.5. The van der Waals surface area contributed by atoms with E-state index in [0.717, 1.165) is 22.7 Å². The van der Waals surface area contributed by atoms with Gasteiger partial charge in [-0.15, -0.1) is 0 Å². The van der Waals surface area contributed by atoms with Crippen LogP contribution in [-0.2, 0) is 5.41 Å². The van der Waals surface area contributed by atoms with Crippen LogP contribution >= 0.6 is 0 Å². The van der Waals surface area contributed by atoms with Gasteiger partial charge in [-0.2, -0.15) is 0 Å². The number of para-hydroxylation sites is 2. The zero-order valence-electron chi connectivity index (χ0n) is 34.5. The maximum Gasteiger partial charge on any atom is 0.0726 e. The molecule has 63 heavy (non-hydrogen) atoms. The molecule has 2 aliphatic carbocycles. The molecule has 0 N–H and O–H groups in total. The van der Waals surface area contributed by atoms with Gasteiger partial charge in [0.15, 0.2) is 0 Å². The lowest BCUT2D eigenvalue weighted by Gasteiger charge is -2.32. The van der Waals surface area contributed by atoms with Gasteiger partial charge in [0.05, 0.1) is 27.8 Å². The van der Waals surface area contributed by atoms with Gasteiger partial charge in [-0.1, -0.05) is 194 Å². The van der Waals surface area contributed by atoms with E-state index < -0.39 is 5.41 Å². The molecule has 0 unspecified atom stereocenters. The Labute approximate surface area is 367 Å². The van der Waals surface area contributed by atoms with Crippen LogP contribution < -0.4 is 4.90 Å². The van der Waals surface area contributed by atoms with Crippen LogP contribution in [0.1, 0.15) is 22.3 Å². The number of anilines is 3. The molecule has 11 aromatic rings. The van der Waals surface area contributed by atoms with E-state index in [1.165, 1.54) is 88.6 Å². The third kappa shape index (κ3) is 5.07. The Morgan fingerprint density at radius 3 is 1.51 bits per heavy atom. The molecule has 0 fully saturated rings. The predicted octanol–water partition coefficient (Wildman–Crippen LogP) is 15.9. The second-order valence-corrected chi connectivity index (χ2v) is 16.7. The van der Waals surface area contributed by atoms with Gasteiger partial charge in [-0.3, -0.25) is 0 Å². The first-order valence-electron chi connectivity index (χ1n) is 21.9. The van der Waals surface area contributed by atoms with Gasteiger partial charge in [0.25, 0.3) is 0 Å². The van der Waals surface area contributed by atoms with Crippen LogP contribution in [0.3, 0.4) is 0 Å². The summed E-state index contributed by atoms with van der Waals surface area (Å²) in [7, 11) is 0. The molecule has 0 saturated carbocycles. The Kier molecular flexibility index (Phi) is 7.85. The second kappa shape index (κ2) is 13.9. The maximum absolute atomic E-state index is 2.54. The highest BCUT2D eigenvalue weighted by Gasteiger charge is 2.52. The van der Waals surface area contributed by atoms with Crippen molar-refractivity contribution >= 4 is 38.9 Å². The fourth-order valence-corrected chi connectivity index (χ4v) is 11.2. The van der Waals surface area contributed by atoms with E-state index in [4.69, 9.17) is 0 Å². The van der Waals surface area contributed by atoms with Gasteiger partial charge in [-0.05, 0) is 104 Å². The molecule has 0 amide bonds. The van der Waals surface area contributed by atoms with Gasteiger partial charge >= 0.3 is 0 Å². The van der Waals surface area contributed by atoms with Crippen molar-refractivity contribution in [2.45, 2.75) is 5.41 Å². The quantitative estimate of drug-likeness (QED) is 0.163. The SMILES string of the molecule is c1ccc(-c2ccccc2N(c2ccc3c(c2)c2c(-c4ccccc4)cccc2n3-c2ccccc2)c2cccc3c2-c2ccccc2C32c3ccccc3-c3ccccc32)cc1. The van der Waals surface area contributed by atoms with E-state index >= 15 is 0 Å². The average Bonchev–Trinajstić information content (AvgIpc) is 3.97. The molecule has 2 heteroatoms. The Balaban J connectivity index is 1.14. The van der Waals surface area contributed by atoms with E-state index in [1.807, 2.05) is 0 Å². The van der Waals surface area contributed by atoms with Crippen LogP contribution in [0.2, 0.25) is 0 Å². The Hall–Kier alpha value is -8.20. The summed E-state index contributed by atoms with van der Waals surface area (Å²) in [6.07, 6.45) is 0. The molecule has 0 atom stereocenters. The minimum atomic E-state index is -0.461. The first-order chi connectivity index (χ1) is 31.3. The Morgan fingerprint density at radius 1 is 0.333 bits per heavy atom. The molecule has 294 valence electrons. The molecule has 2 aliphatic rings. The Bertz CT molecular complexity index is 3520. The van der Waals surface area contributed by atoms with Crippen LogP contribution in [0.25, 0.3) is 72.0 Å². The van der Waals surface area contributed by atoms with Gasteiger partial charge in [0.2, 0.25) is 0 Å². The number of fused-ring (bicyclic) bond motifs is 13. The molecule has 0 bridgehead atoms. The zero-order chi connectivity index (χ0) is 41.5. The molecule has 10 aromatic carbocycles. The normalized spacial score (nSPS) is 12.9. The van der Waals surface area contributed by atoms with Crippen molar-refractivity contribution in [2.75, 3.05) is 4.90 Å². The average molecular weight is 801 g/mol. The van der Waals surface area contributed by atoms with Crippen LogP contribution in [0.15, 0.2) is 243 Å². The fraction of sp³-hybridized carbons (Fsp3) is 0.0164. The summed E-state index contributed by atoms with van der Waals surface area (Å²) in [6.45, 7) is 0. The molecule has 2 nitrogen and oxygen atoms in total. The van der Waals surface area contributed by atoms with Gasteiger partial charge in [0.1, 0.15) is 0 Å². The van der Waals surface area contributed by atoms with Gasteiger partial charge in [0, 0.05) is 33.3 Å². The van der Waals surface area contributed by atoms with Crippen LogP contribution in [0.5, 0.6) is 0 Å². The zero-order valence-corrected chi connectivity index (χ0v) is 34.5. The summed E-state index contributed by atoms with van der Waals surface area (Å²) in [5, 5.41) is 2.44. The largest absolute Gasteiger partial charge is 0.309 e. The standard InChI is InChI=1S/C61H40N2/c1-4-20-41(21-5-1)45-26-13-17-35-55(45)63(44-38-39-56-50(40-44)59-46(42-22-6-2-7-23-42)30-18-36-57(59)62(56)43-24-8-3-9-25-43)58-37-19-34-54-60(58)49-29-12-16-33-53(49)61(54)51-31-14-10-27-47(51)48-28-11-15-32-52(48)61/h1-40H. The monoisotopic (exact) mass is 800 g/mol.